The van der Waals surface area contributed by atoms with Crippen molar-refractivity contribution in [3.8, 4) is 0 Å². The summed E-state index contributed by atoms with van der Waals surface area (Å²) in [7, 11) is 0. The number of fused-ring (bicyclic) bond motifs is 3. The summed E-state index contributed by atoms with van der Waals surface area (Å²) in [5.74, 6) is -4.55. The Hall–Kier alpha value is -1.72. The van der Waals surface area contributed by atoms with Gasteiger partial charge in [0.25, 0.3) is 0 Å². The van der Waals surface area contributed by atoms with Gasteiger partial charge in [0.1, 0.15) is 0 Å². The van der Waals surface area contributed by atoms with Crippen LogP contribution in [0.25, 0.3) is 0 Å². The van der Waals surface area contributed by atoms with E-state index in [-0.39, 0.29) is 12.8 Å². The molecule has 0 aromatic rings. The maximum absolute atomic E-state index is 11.4. The molecule has 6 nitrogen and oxygen atoms in total. The molecule has 2 aliphatic heterocycles. The van der Waals surface area contributed by atoms with Gasteiger partial charge >= 0.3 is 23.9 Å². The molecule has 4 atom stereocenters. The van der Waals surface area contributed by atoms with Crippen molar-refractivity contribution >= 4 is 23.9 Å². The molecule has 84 valence electrons. The molecule has 3 fully saturated rings. The molecule has 0 radical (unpaired) electrons. The molecule has 3 rings (SSSR count). The van der Waals surface area contributed by atoms with E-state index in [0.717, 1.165) is 0 Å². The van der Waals surface area contributed by atoms with Crippen LogP contribution in [0.3, 0.4) is 0 Å². The number of rotatable bonds is 0. The summed E-state index contributed by atoms with van der Waals surface area (Å²) in [4.78, 5) is 45.3. The van der Waals surface area contributed by atoms with Crippen LogP contribution in [-0.2, 0) is 28.7 Å². The smallest absolute Gasteiger partial charge is 0.317 e. The van der Waals surface area contributed by atoms with E-state index in [1.807, 2.05) is 0 Å². The van der Waals surface area contributed by atoms with Crippen LogP contribution in [0.5, 0.6) is 0 Å². The fourth-order valence-corrected chi connectivity index (χ4v) is 2.93. The SMILES string of the molecule is O=C1CC2C(CC3C(=O)OC(=O)C32)C(=O)O1. The Bertz CT molecular complexity index is 419. The highest BCUT2D eigenvalue weighted by Crippen LogP contribution is 2.49. The lowest BCUT2D eigenvalue weighted by Gasteiger charge is -2.24. The minimum Gasteiger partial charge on any atom is -0.393 e. The molecule has 0 spiro atoms. The molecule has 16 heavy (non-hydrogen) atoms. The minimum absolute atomic E-state index is 0.0138. The third kappa shape index (κ3) is 1.07. The van der Waals surface area contributed by atoms with Crippen LogP contribution in [0.4, 0.5) is 0 Å². The molecule has 6 heteroatoms. The Labute approximate surface area is 89.9 Å². The maximum atomic E-state index is 11.4. The van der Waals surface area contributed by atoms with Crippen LogP contribution < -0.4 is 0 Å². The Morgan fingerprint density at radius 1 is 0.875 bits per heavy atom. The number of carbonyl (C=O) groups excluding carboxylic acids is 4. The zero-order valence-corrected chi connectivity index (χ0v) is 8.17. The predicted octanol–water partition coefficient (Wildman–Crippen LogP) is -0.588. The first kappa shape index (κ1) is 9.50. The minimum atomic E-state index is -0.630. The second-order valence-corrected chi connectivity index (χ2v) is 4.38. The average molecular weight is 224 g/mol. The zero-order valence-electron chi connectivity index (χ0n) is 8.17. The van der Waals surface area contributed by atoms with E-state index >= 15 is 0 Å². The highest BCUT2D eigenvalue weighted by molar-refractivity contribution is 6.00. The highest BCUT2D eigenvalue weighted by atomic mass is 16.6. The number of hydrogen-bond acceptors (Lipinski definition) is 6. The third-order valence-electron chi connectivity index (χ3n) is 3.62. The molecule has 2 heterocycles. The Balaban J connectivity index is 1.97. The monoisotopic (exact) mass is 224 g/mol. The van der Waals surface area contributed by atoms with Crippen molar-refractivity contribution in [3.05, 3.63) is 0 Å². The molecule has 0 aromatic carbocycles. The van der Waals surface area contributed by atoms with E-state index in [1.165, 1.54) is 0 Å². The lowest BCUT2D eigenvalue weighted by Crippen LogP contribution is -2.36. The summed E-state index contributed by atoms with van der Waals surface area (Å²) >= 11 is 0. The van der Waals surface area contributed by atoms with Gasteiger partial charge in [-0.3, -0.25) is 19.2 Å². The molecule has 0 bridgehead atoms. The lowest BCUT2D eigenvalue weighted by molar-refractivity contribution is -0.171. The van der Waals surface area contributed by atoms with Gasteiger partial charge < -0.3 is 9.47 Å². The summed E-state index contributed by atoms with van der Waals surface area (Å²) in [6, 6.07) is 0. The summed E-state index contributed by atoms with van der Waals surface area (Å²) in [5.41, 5.74) is 0. The molecule has 3 aliphatic rings. The zero-order chi connectivity index (χ0) is 11.4. The van der Waals surface area contributed by atoms with Crippen LogP contribution in [-0.4, -0.2) is 23.9 Å². The molecule has 2 saturated heterocycles. The van der Waals surface area contributed by atoms with Gasteiger partial charge in [-0.05, 0) is 12.3 Å². The summed E-state index contributed by atoms with van der Waals surface area (Å²) in [6.45, 7) is 0. The van der Waals surface area contributed by atoms with E-state index in [4.69, 9.17) is 0 Å². The first-order valence-corrected chi connectivity index (χ1v) is 5.08. The first-order chi connectivity index (χ1) is 7.58. The highest BCUT2D eigenvalue weighted by Gasteiger charge is 2.60. The van der Waals surface area contributed by atoms with Crippen molar-refractivity contribution in [3.63, 3.8) is 0 Å². The third-order valence-corrected chi connectivity index (χ3v) is 3.62. The summed E-state index contributed by atoms with van der Waals surface area (Å²) in [6.07, 6.45) is 0.270. The standard InChI is InChI=1S/C10H8O6/c11-6-2-3-4(8(12)15-6)1-5-7(3)10(14)16-9(5)13/h3-5,7H,1-2H2. The normalized spacial score (nSPS) is 41.5. The molecule has 0 amide bonds. The Morgan fingerprint density at radius 3 is 2.31 bits per heavy atom. The van der Waals surface area contributed by atoms with Crippen molar-refractivity contribution in [2.45, 2.75) is 12.8 Å². The number of cyclic esters (lactones) is 4. The van der Waals surface area contributed by atoms with E-state index in [1.54, 1.807) is 0 Å². The van der Waals surface area contributed by atoms with Gasteiger partial charge in [-0.15, -0.1) is 0 Å². The van der Waals surface area contributed by atoms with Crippen LogP contribution in [0.1, 0.15) is 12.8 Å². The van der Waals surface area contributed by atoms with Crippen molar-refractivity contribution in [1.29, 1.82) is 0 Å². The Morgan fingerprint density at radius 2 is 1.56 bits per heavy atom. The van der Waals surface area contributed by atoms with Crippen LogP contribution in [0.15, 0.2) is 0 Å². The van der Waals surface area contributed by atoms with Crippen LogP contribution in [0, 0.1) is 23.7 Å². The van der Waals surface area contributed by atoms with Crippen LogP contribution in [0.2, 0.25) is 0 Å². The fourth-order valence-electron chi connectivity index (χ4n) is 2.93. The quantitative estimate of drug-likeness (QED) is 0.404. The molecule has 1 aliphatic carbocycles. The van der Waals surface area contributed by atoms with Crippen molar-refractivity contribution < 1.29 is 28.7 Å². The first-order valence-electron chi connectivity index (χ1n) is 5.08. The van der Waals surface area contributed by atoms with Gasteiger partial charge in [-0.2, -0.15) is 0 Å². The van der Waals surface area contributed by atoms with Gasteiger partial charge in [0.05, 0.1) is 24.2 Å². The number of esters is 4. The molecular weight excluding hydrogens is 216 g/mol. The van der Waals surface area contributed by atoms with E-state index < -0.39 is 47.5 Å². The number of hydrogen-bond donors (Lipinski definition) is 0. The van der Waals surface area contributed by atoms with Crippen molar-refractivity contribution in [1.82, 2.24) is 0 Å². The molecule has 0 N–H and O–H groups in total. The second kappa shape index (κ2) is 2.90. The largest absolute Gasteiger partial charge is 0.393 e. The molecule has 0 aromatic heterocycles. The van der Waals surface area contributed by atoms with Gasteiger partial charge in [-0.25, -0.2) is 0 Å². The lowest BCUT2D eigenvalue weighted by atomic mass is 9.84. The average Bonchev–Trinajstić information content (AvgIpc) is 2.67. The van der Waals surface area contributed by atoms with Gasteiger partial charge in [-0.1, -0.05) is 0 Å². The van der Waals surface area contributed by atoms with E-state index in [2.05, 4.69) is 9.47 Å². The second-order valence-electron chi connectivity index (χ2n) is 4.38. The fraction of sp³-hybridized carbons (Fsp3) is 0.600. The van der Waals surface area contributed by atoms with Crippen molar-refractivity contribution in [2.24, 2.45) is 23.7 Å². The predicted molar refractivity (Wildman–Crippen MR) is 45.4 cm³/mol. The van der Waals surface area contributed by atoms with Crippen LogP contribution >= 0.6 is 0 Å². The van der Waals surface area contributed by atoms with Gasteiger partial charge in [0.15, 0.2) is 0 Å². The molecular formula is C10H8O6. The molecule has 4 unspecified atom stereocenters. The number of ether oxygens (including phenoxy) is 2. The summed E-state index contributed by atoms with van der Waals surface area (Å²) < 4.78 is 9.00. The van der Waals surface area contributed by atoms with E-state index in [9.17, 15) is 19.2 Å². The topological polar surface area (TPSA) is 86.7 Å². The van der Waals surface area contributed by atoms with Crippen molar-refractivity contribution in [2.75, 3.05) is 0 Å². The van der Waals surface area contributed by atoms with Gasteiger partial charge in [0, 0.05) is 0 Å². The summed E-state index contributed by atoms with van der Waals surface area (Å²) in [5, 5.41) is 0. The molecule has 1 saturated carbocycles. The Kier molecular flexibility index (Phi) is 1.72. The van der Waals surface area contributed by atoms with E-state index in [0.29, 0.717) is 0 Å². The number of carbonyl (C=O) groups is 4. The van der Waals surface area contributed by atoms with Gasteiger partial charge in [0.2, 0.25) is 0 Å². The maximum Gasteiger partial charge on any atom is 0.317 e.